The minimum atomic E-state index is -0.526. The molecule has 0 radical (unpaired) electrons. The van der Waals surface area contributed by atoms with Gasteiger partial charge in [-0.2, -0.15) is 10.1 Å². The summed E-state index contributed by atoms with van der Waals surface area (Å²) in [5, 5.41) is 16.6. The molecule has 1 aliphatic heterocycles. The molecule has 2 bridgehead atoms. The van der Waals surface area contributed by atoms with Gasteiger partial charge in [-0.15, -0.1) is 0 Å². The molecular weight excluding hydrogens is 410 g/mol. The number of hydrazone groups is 1. The minimum Gasteiger partial charge on any atom is -0.481 e. The number of nitrogens with zero attached hydrogens (tertiary/aromatic N) is 3. The molecule has 2 amide bonds. The zero-order valence-corrected chi connectivity index (χ0v) is 17.4. The maximum Gasteiger partial charge on any atom is 0.311 e. The Kier molecular flexibility index (Phi) is 4.84. The first-order chi connectivity index (χ1) is 15.4. The van der Waals surface area contributed by atoms with E-state index in [4.69, 9.17) is 4.74 Å². The summed E-state index contributed by atoms with van der Waals surface area (Å²) in [6.45, 7) is 2.10. The van der Waals surface area contributed by atoms with E-state index in [0.29, 0.717) is 5.56 Å². The fourth-order valence-electron chi connectivity index (χ4n) is 4.91. The molecule has 3 aliphatic rings. The number of aryl methyl sites for hydroxylation is 1. The molecule has 2 aromatic carbocycles. The smallest absolute Gasteiger partial charge is 0.311 e. The Morgan fingerprint density at radius 3 is 2.38 bits per heavy atom. The average molecular weight is 431 g/mol. The Bertz CT molecular complexity index is 1140. The number of fused-ring (bicyclic) bond motifs is 5. The Balaban J connectivity index is 1.41. The highest BCUT2D eigenvalue weighted by atomic mass is 16.6. The molecular formula is C24H21N3O5. The number of benzene rings is 2. The quantitative estimate of drug-likeness (QED) is 0.229. The minimum absolute atomic E-state index is 0.0443. The third kappa shape index (κ3) is 3.28. The number of nitro benzene ring substituents is 1. The molecule has 2 aromatic rings. The molecule has 4 atom stereocenters. The van der Waals surface area contributed by atoms with Gasteiger partial charge in [-0.25, -0.2) is 0 Å². The number of carbonyl (C=O) groups is 2. The second kappa shape index (κ2) is 7.71. The lowest BCUT2D eigenvalue weighted by molar-refractivity contribution is -0.385. The van der Waals surface area contributed by atoms with Gasteiger partial charge >= 0.3 is 5.69 Å². The Hall–Kier alpha value is -3.81. The zero-order chi connectivity index (χ0) is 22.4. The number of carbonyl (C=O) groups excluding carboxylic acids is 2. The molecule has 1 saturated heterocycles. The van der Waals surface area contributed by atoms with Crippen LogP contribution < -0.4 is 4.74 Å². The fourth-order valence-corrected chi connectivity index (χ4v) is 4.91. The SMILES string of the molecule is Cc1ccc(COc2c(C=NN3C(=O)[C@@H]4[C@H](C3=O)[C@H]3C=C[C@H]4C3)cccc2[N+](=O)[O-])cc1. The topological polar surface area (TPSA) is 102 Å². The van der Waals surface area contributed by atoms with E-state index >= 15 is 0 Å². The van der Waals surface area contributed by atoms with Crippen LogP contribution in [0, 0.1) is 40.7 Å². The van der Waals surface area contributed by atoms with Gasteiger partial charge in [0.1, 0.15) is 6.61 Å². The van der Waals surface area contributed by atoms with Gasteiger partial charge in [0.05, 0.1) is 23.0 Å². The van der Waals surface area contributed by atoms with Crippen molar-refractivity contribution in [3.8, 4) is 5.75 Å². The summed E-state index contributed by atoms with van der Waals surface area (Å²) in [6.07, 6.45) is 6.17. The van der Waals surface area contributed by atoms with Crippen LogP contribution in [0.4, 0.5) is 5.69 Å². The van der Waals surface area contributed by atoms with Crippen LogP contribution in [0.15, 0.2) is 59.7 Å². The number of nitro groups is 1. The number of imide groups is 1. The zero-order valence-electron chi connectivity index (χ0n) is 17.4. The summed E-state index contributed by atoms with van der Waals surface area (Å²) >= 11 is 0. The second-order valence-corrected chi connectivity index (χ2v) is 8.46. The lowest BCUT2D eigenvalue weighted by Crippen LogP contribution is -2.28. The molecule has 8 heteroatoms. The largest absolute Gasteiger partial charge is 0.481 e. The lowest BCUT2D eigenvalue weighted by Gasteiger charge is -2.13. The van der Waals surface area contributed by atoms with Crippen molar-refractivity contribution < 1.29 is 19.2 Å². The molecule has 0 N–H and O–H groups in total. The van der Waals surface area contributed by atoms with E-state index in [2.05, 4.69) is 5.10 Å². The van der Waals surface area contributed by atoms with Crippen molar-refractivity contribution in [1.29, 1.82) is 0 Å². The van der Waals surface area contributed by atoms with Crippen LogP contribution in [-0.2, 0) is 16.2 Å². The second-order valence-electron chi connectivity index (χ2n) is 8.46. The highest BCUT2D eigenvalue weighted by Gasteiger charge is 2.59. The average Bonchev–Trinajstić information content (AvgIpc) is 3.46. The highest BCUT2D eigenvalue weighted by molar-refractivity contribution is 6.07. The Morgan fingerprint density at radius 2 is 1.75 bits per heavy atom. The van der Waals surface area contributed by atoms with E-state index in [1.807, 2.05) is 43.3 Å². The first-order valence-electron chi connectivity index (χ1n) is 10.5. The molecule has 1 saturated carbocycles. The third-order valence-corrected chi connectivity index (χ3v) is 6.48. The number of rotatable bonds is 6. The van der Waals surface area contributed by atoms with Gasteiger partial charge in [0, 0.05) is 11.6 Å². The maximum atomic E-state index is 12.8. The van der Waals surface area contributed by atoms with Crippen LogP contribution in [0.2, 0.25) is 0 Å². The van der Waals surface area contributed by atoms with Crippen LogP contribution in [-0.4, -0.2) is 28.0 Å². The van der Waals surface area contributed by atoms with Crippen molar-refractivity contribution in [3.05, 3.63) is 81.4 Å². The summed E-state index contributed by atoms with van der Waals surface area (Å²) in [4.78, 5) is 36.7. The van der Waals surface area contributed by atoms with Crippen molar-refractivity contribution >= 4 is 23.7 Å². The van der Waals surface area contributed by atoms with Gasteiger partial charge in [0.25, 0.3) is 11.8 Å². The van der Waals surface area contributed by atoms with E-state index in [1.165, 1.54) is 18.3 Å². The van der Waals surface area contributed by atoms with Gasteiger partial charge in [-0.1, -0.05) is 48.0 Å². The van der Waals surface area contributed by atoms with Gasteiger partial charge in [0.2, 0.25) is 5.75 Å². The number of amides is 2. The van der Waals surface area contributed by atoms with E-state index in [0.717, 1.165) is 22.6 Å². The standard InChI is InChI=1S/C24H21N3O5/c1-14-5-7-15(8-6-14)13-32-22-18(3-2-4-19(22)27(30)31)12-25-26-23(28)20-16-9-10-17(11-16)21(20)24(26)29/h2-10,12,16-17,20-21H,11,13H2,1H3/t16-,17-,20-,21+/m0/s1. The molecule has 0 unspecified atom stereocenters. The Labute approximate surface area is 184 Å². The van der Waals surface area contributed by atoms with Crippen LogP contribution in [0.1, 0.15) is 23.1 Å². The molecule has 1 heterocycles. The van der Waals surface area contributed by atoms with E-state index in [1.54, 1.807) is 6.07 Å². The molecule has 0 spiro atoms. The number of allylic oxidation sites excluding steroid dienone is 2. The van der Waals surface area contributed by atoms with E-state index in [9.17, 15) is 19.7 Å². The molecule has 8 nitrogen and oxygen atoms in total. The van der Waals surface area contributed by atoms with Crippen molar-refractivity contribution in [2.45, 2.75) is 20.0 Å². The van der Waals surface area contributed by atoms with Gasteiger partial charge in [-0.3, -0.25) is 19.7 Å². The summed E-state index contributed by atoms with van der Waals surface area (Å²) in [7, 11) is 0. The van der Waals surface area contributed by atoms with E-state index < -0.39 is 4.92 Å². The van der Waals surface area contributed by atoms with Crippen LogP contribution >= 0.6 is 0 Å². The van der Waals surface area contributed by atoms with Gasteiger partial charge < -0.3 is 4.74 Å². The first kappa shape index (κ1) is 20.1. The summed E-state index contributed by atoms with van der Waals surface area (Å²) in [5.41, 5.74) is 2.07. The van der Waals surface area contributed by atoms with Crippen LogP contribution in [0.25, 0.3) is 0 Å². The molecule has 0 aromatic heterocycles. The molecule has 5 rings (SSSR count). The van der Waals surface area contributed by atoms with Crippen LogP contribution in [0.3, 0.4) is 0 Å². The van der Waals surface area contributed by atoms with Crippen molar-refractivity contribution in [2.24, 2.45) is 28.8 Å². The van der Waals surface area contributed by atoms with Crippen molar-refractivity contribution in [1.82, 2.24) is 5.01 Å². The monoisotopic (exact) mass is 431 g/mol. The van der Waals surface area contributed by atoms with Crippen molar-refractivity contribution in [2.75, 3.05) is 0 Å². The molecule has 2 aliphatic carbocycles. The first-order valence-corrected chi connectivity index (χ1v) is 10.5. The van der Waals surface area contributed by atoms with Gasteiger partial charge in [-0.05, 0) is 36.8 Å². The van der Waals surface area contributed by atoms with Gasteiger partial charge in [0.15, 0.2) is 0 Å². The normalized spacial score (nSPS) is 25.7. The molecule has 162 valence electrons. The lowest BCUT2D eigenvalue weighted by atomic mass is 9.85. The summed E-state index contributed by atoms with van der Waals surface area (Å²) in [5.74, 6) is -1.08. The Morgan fingerprint density at radius 1 is 1.09 bits per heavy atom. The molecule has 32 heavy (non-hydrogen) atoms. The predicted molar refractivity (Wildman–Crippen MR) is 116 cm³/mol. The number of hydrogen-bond donors (Lipinski definition) is 0. The highest BCUT2D eigenvalue weighted by Crippen LogP contribution is 2.52. The number of para-hydroxylation sites is 1. The summed E-state index contributed by atoms with van der Waals surface area (Å²) < 4.78 is 5.81. The summed E-state index contributed by atoms with van der Waals surface area (Å²) in [6, 6.07) is 12.1. The van der Waals surface area contributed by atoms with E-state index in [-0.39, 0.29) is 53.5 Å². The fraction of sp³-hybridized carbons (Fsp3) is 0.292. The predicted octanol–water partition coefficient (Wildman–Crippen LogP) is 3.62. The third-order valence-electron chi connectivity index (χ3n) is 6.48. The van der Waals surface area contributed by atoms with Crippen LogP contribution in [0.5, 0.6) is 5.75 Å². The van der Waals surface area contributed by atoms with Crippen molar-refractivity contribution in [3.63, 3.8) is 0 Å². The number of hydrogen-bond acceptors (Lipinski definition) is 6. The molecule has 2 fully saturated rings. The number of ether oxygens (including phenoxy) is 1. The maximum absolute atomic E-state index is 12.8.